The average Bonchev–Trinajstić information content (AvgIpc) is 2.72. The van der Waals surface area contributed by atoms with Crippen LogP contribution in [0.4, 0.5) is 11.4 Å². The number of benzene rings is 3. The maximum Gasteiger partial charge on any atom is 0.261 e. The number of amides is 1. The summed E-state index contributed by atoms with van der Waals surface area (Å²) >= 11 is 11.7. The molecular weight excluding hydrogens is 451 g/mol. The van der Waals surface area contributed by atoms with Crippen LogP contribution in [0, 0.1) is 0 Å². The second kappa shape index (κ2) is 8.83. The molecule has 0 aliphatic carbocycles. The van der Waals surface area contributed by atoms with Crippen LogP contribution in [0.25, 0.3) is 0 Å². The van der Waals surface area contributed by atoms with Gasteiger partial charge in [0.2, 0.25) is 0 Å². The van der Waals surface area contributed by atoms with Crippen molar-refractivity contribution >= 4 is 50.5 Å². The molecule has 0 heterocycles. The number of phenolic OH excluding ortho intramolecular Hbond substituents is 1. The van der Waals surface area contributed by atoms with Crippen molar-refractivity contribution in [3.63, 3.8) is 0 Å². The summed E-state index contributed by atoms with van der Waals surface area (Å²) in [5, 5.41) is 12.0. The third-order valence-electron chi connectivity index (χ3n) is 4.03. The molecule has 1 amide bonds. The highest BCUT2D eigenvalue weighted by molar-refractivity contribution is 7.92. The zero-order chi connectivity index (χ0) is 21.9. The van der Waals surface area contributed by atoms with Gasteiger partial charge in [0.1, 0.15) is 5.75 Å². The molecule has 0 bridgehead atoms. The van der Waals surface area contributed by atoms with E-state index in [1.165, 1.54) is 37.4 Å². The minimum Gasteiger partial charge on any atom is -0.505 e. The second-order valence-electron chi connectivity index (χ2n) is 6.08. The van der Waals surface area contributed by atoms with Crippen LogP contribution in [-0.2, 0) is 10.0 Å². The molecule has 7 nitrogen and oxygen atoms in total. The topological polar surface area (TPSA) is 105 Å². The van der Waals surface area contributed by atoms with E-state index < -0.39 is 15.9 Å². The monoisotopic (exact) mass is 466 g/mol. The molecular formula is C20H16Cl2N2O5S. The lowest BCUT2D eigenvalue weighted by molar-refractivity contribution is 0.102. The zero-order valence-electron chi connectivity index (χ0n) is 15.5. The number of nitrogens with one attached hydrogen (secondary N) is 2. The summed E-state index contributed by atoms with van der Waals surface area (Å²) in [5.74, 6) is -0.715. The van der Waals surface area contributed by atoms with Gasteiger partial charge >= 0.3 is 0 Å². The van der Waals surface area contributed by atoms with Crippen LogP contribution in [0.3, 0.4) is 0 Å². The molecule has 0 aliphatic heterocycles. The lowest BCUT2D eigenvalue weighted by Gasteiger charge is -2.14. The SMILES string of the molecule is COc1ccc(S(=O)(=O)Nc2ccccc2)cc1NC(=O)c1cc(Cl)c(O)c(Cl)c1. The quantitative estimate of drug-likeness (QED) is 0.485. The predicted octanol–water partition coefficient (Wildman–Crippen LogP) is 4.76. The molecule has 3 aromatic rings. The molecule has 0 atom stereocenters. The van der Waals surface area contributed by atoms with Gasteiger partial charge in [-0.15, -0.1) is 0 Å². The Morgan fingerprint density at radius 3 is 2.23 bits per heavy atom. The van der Waals surface area contributed by atoms with Crippen LogP contribution in [0.15, 0.2) is 65.6 Å². The highest BCUT2D eigenvalue weighted by Gasteiger charge is 2.19. The van der Waals surface area contributed by atoms with Gasteiger partial charge in [-0.25, -0.2) is 8.42 Å². The summed E-state index contributed by atoms with van der Waals surface area (Å²) in [7, 11) is -2.53. The first-order valence-corrected chi connectivity index (χ1v) is 10.7. The van der Waals surface area contributed by atoms with E-state index in [1.807, 2.05) is 0 Å². The Bertz CT molecular complexity index is 1180. The fourth-order valence-electron chi connectivity index (χ4n) is 2.56. The number of ether oxygens (including phenoxy) is 1. The first-order valence-electron chi connectivity index (χ1n) is 8.46. The van der Waals surface area contributed by atoms with Gasteiger partial charge in [-0.2, -0.15) is 0 Å². The van der Waals surface area contributed by atoms with Crippen LogP contribution in [-0.4, -0.2) is 26.5 Å². The molecule has 3 rings (SSSR count). The van der Waals surface area contributed by atoms with Crippen LogP contribution in [0.2, 0.25) is 10.0 Å². The number of aromatic hydroxyl groups is 1. The number of methoxy groups -OCH3 is 1. The van der Waals surface area contributed by atoms with Gasteiger partial charge in [0, 0.05) is 11.3 Å². The largest absolute Gasteiger partial charge is 0.505 e. The number of sulfonamides is 1. The van der Waals surface area contributed by atoms with Gasteiger partial charge in [0.05, 0.1) is 27.7 Å². The van der Waals surface area contributed by atoms with Crippen LogP contribution >= 0.6 is 23.2 Å². The van der Waals surface area contributed by atoms with Crippen LogP contribution < -0.4 is 14.8 Å². The molecule has 0 radical (unpaired) electrons. The van der Waals surface area contributed by atoms with Crippen LogP contribution in [0.5, 0.6) is 11.5 Å². The minimum absolute atomic E-state index is 0.0699. The molecule has 0 aliphatic rings. The highest BCUT2D eigenvalue weighted by atomic mass is 35.5. The normalized spacial score (nSPS) is 11.0. The molecule has 0 spiro atoms. The number of carbonyl (C=O) groups excluding carboxylic acids is 1. The Balaban J connectivity index is 1.92. The van der Waals surface area contributed by atoms with Crippen molar-refractivity contribution in [3.8, 4) is 11.5 Å². The number of hydrogen-bond acceptors (Lipinski definition) is 5. The summed E-state index contributed by atoms with van der Waals surface area (Å²) in [6.45, 7) is 0. The predicted molar refractivity (Wildman–Crippen MR) is 116 cm³/mol. The Kier molecular flexibility index (Phi) is 6.40. The molecule has 0 aromatic heterocycles. The maximum absolute atomic E-state index is 12.7. The second-order valence-corrected chi connectivity index (χ2v) is 8.57. The van der Waals surface area contributed by atoms with Crippen molar-refractivity contribution in [1.82, 2.24) is 0 Å². The zero-order valence-corrected chi connectivity index (χ0v) is 17.8. The average molecular weight is 467 g/mol. The Morgan fingerprint density at radius 1 is 1.00 bits per heavy atom. The van der Waals surface area contributed by atoms with Gasteiger partial charge in [-0.05, 0) is 42.5 Å². The van der Waals surface area contributed by atoms with Crippen LogP contribution in [0.1, 0.15) is 10.4 Å². The van der Waals surface area contributed by atoms with Crippen molar-refractivity contribution in [3.05, 3.63) is 76.3 Å². The molecule has 3 N–H and O–H groups in total. The van der Waals surface area contributed by atoms with E-state index in [0.29, 0.717) is 5.69 Å². The van der Waals surface area contributed by atoms with E-state index in [2.05, 4.69) is 10.0 Å². The minimum atomic E-state index is -3.91. The van der Waals surface area contributed by atoms with E-state index in [0.717, 1.165) is 0 Å². The van der Waals surface area contributed by atoms with Crippen molar-refractivity contribution in [1.29, 1.82) is 0 Å². The number of halogens is 2. The maximum atomic E-state index is 12.7. The number of anilines is 2. The first-order chi connectivity index (χ1) is 14.2. The van der Waals surface area contributed by atoms with Gasteiger partial charge < -0.3 is 15.2 Å². The summed E-state index contributed by atoms with van der Waals surface area (Å²) in [6, 6.07) is 14.9. The number of carbonyl (C=O) groups is 1. The summed E-state index contributed by atoms with van der Waals surface area (Å²) in [6.07, 6.45) is 0. The molecule has 10 heteroatoms. The van der Waals surface area contributed by atoms with Crippen molar-refractivity contribution in [2.75, 3.05) is 17.1 Å². The van der Waals surface area contributed by atoms with Gasteiger partial charge in [0.15, 0.2) is 5.75 Å². The molecule has 0 unspecified atom stereocenters. The molecule has 3 aromatic carbocycles. The third-order valence-corrected chi connectivity index (χ3v) is 5.99. The Hall–Kier alpha value is -2.94. The van der Waals surface area contributed by atoms with Gasteiger partial charge in [-0.1, -0.05) is 41.4 Å². The summed E-state index contributed by atoms with van der Waals surface area (Å²) in [4.78, 5) is 12.5. The van der Waals surface area contributed by atoms with E-state index >= 15 is 0 Å². The lowest BCUT2D eigenvalue weighted by Crippen LogP contribution is -2.16. The van der Waals surface area contributed by atoms with E-state index in [-0.39, 0.29) is 37.7 Å². The molecule has 0 saturated carbocycles. The van der Waals surface area contributed by atoms with Crippen molar-refractivity contribution < 1.29 is 23.1 Å². The third kappa shape index (κ3) is 4.79. The van der Waals surface area contributed by atoms with Gasteiger partial charge in [-0.3, -0.25) is 9.52 Å². The van der Waals surface area contributed by atoms with E-state index in [1.54, 1.807) is 30.3 Å². The fourth-order valence-corrected chi connectivity index (χ4v) is 4.13. The number of para-hydroxylation sites is 1. The van der Waals surface area contributed by atoms with E-state index in [4.69, 9.17) is 27.9 Å². The fraction of sp³-hybridized carbons (Fsp3) is 0.0500. The molecule has 0 saturated heterocycles. The Labute approximate surface area is 183 Å². The number of rotatable bonds is 6. The lowest BCUT2D eigenvalue weighted by atomic mass is 10.2. The van der Waals surface area contributed by atoms with Crippen molar-refractivity contribution in [2.45, 2.75) is 4.90 Å². The first kappa shape index (κ1) is 21.8. The molecule has 30 heavy (non-hydrogen) atoms. The Morgan fingerprint density at radius 2 is 1.63 bits per heavy atom. The number of hydrogen-bond donors (Lipinski definition) is 3. The summed E-state index contributed by atoms with van der Waals surface area (Å²) < 4.78 is 33.1. The smallest absolute Gasteiger partial charge is 0.261 e. The highest BCUT2D eigenvalue weighted by Crippen LogP contribution is 2.34. The molecule has 0 fully saturated rings. The standard InChI is InChI=1S/C20H16Cl2N2O5S/c1-29-18-8-7-14(30(27,28)24-13-5-3-2-4-6-13)11-17(18)23-20(26)12-9-15(21)19(25)16(22)10-12/h2-11,24-25H,1H3,(H,23,26). The van der Waals surface area contributed by atoms with Crippen molar-refractivity contribution in [2.24, 2.45) is 0 Å². The van der Waals surface area contributed by atoms with E-state index in [9.17, 15) is 18.3 Å². The number of phenols is 1. The summed E-state index contributed by atoms with van der Waals surface area (Å²) in [5.41, 5.74) is 0.589. The van der Waals surface area contributed by atoms with Gasteiger partial charge in [0.25, 0.3) is 15.9 Å². The molecule has 156 valence electrons.